The lowest BCUT2D eigenvalue weighted by atomic mass is 9.84. The van der Waals surface area contributed by atoms with Crippen molar-refractivity contribution < 1.29 is 4.79 Å². The second kappa shape index (κ2) is 9.79. The number of benzene rings is 1. The Kier molecular flexibility index (Phi) is 7.05. The highest BCUT2D eigenvalue weighted by molar-refractivity contribution is 7.98. The number of H-pyrrole nitrogens is 1. The van der Waals surface area contributed by atoms with Crippen molar-refractivity contribution in [3.05, 3.63) is 62.0 Å². The molecule has 1 amide bonds. The van der Waals surface area contributed by atoms with Crippen molar-refractivity contribution in [2.45, 2.75) is 64.0 Å². The normalized spacial score (nSPS) is 13.8. The van der Waals surface area contributed by atoms with Crippen LogP contribution in [0.2, 0.25) is 0 Å². The minimum atomic E-state index is -0.118. The molecule has 2 aromatic heterocycles. The molecule has 1 aromatic carbocycles. The number of carbonyl (C=O) groups excluding carboxylic acids is 1. The van der Waals surface area contributed by atoms with Crippen LogP contribution >= 0.6 is 23.1 Å². The Balaban J connectivity index is 1.26. The maximum absolute atomic E-state index is 12.6. The van der Waals surface area contributed by atoms with Gasteiger partial charge in [-0.25, -0.2) is 4.98 Å². The lowest BCUT2D eigenvalue weighted by Crippen LogP contribution is -2.36. The summed E-state index contributed by atoms with van der Waals surface area (Å²) in [7, 11) is 0. The molecule has 1 aliphatic carbocycles. The Labute approximate surface area is 197 Å². The number of fused-ring (bicyclic) bond motifs is 3. The van der Waals surface area contributed by atoms with Crippen LogP contribution in [0.4, 0.5) is 0 Å². The molecule has 2 N–H and O–H groups in total. The number of aromatic amines is 1. The van der Waals surface area contributed by atoms with Gasteiger partial charge in [0.15, 0.2) is 0 Å². The minimum absolute atomic E-state index is 0.0128. The average molecular weight is 470 g/mol. The highest BCUT2D eigenvalue weighted by Crippen LogP contribution is 2.33. The number of aryl methyl sites for hydroxylation is 3. The molecule has 1 aliphatic rings. The fraction of sp³-hybridized carbons (Fsp3) is 0.480. The van der Waals surface area contributed by atoms with Gasteiger partial charge in [0.25, 0.3) is 5.56 Å². The van der Waals surface area contributed by atoms with E-state index < -0.39 is 0 Å². The van der Waals surface area contributed by atoms with Crippen molar-refractivity contribution in [1.29, 1.82) is 0 Å². The van der Waals surface area contributed by atoms with Crippen LogP contribution in [0.25, 0.3) is 10.2 Å². The Hall–Kier alpha value is -2.12. The van der Waals surface area contributed by atoms with Gasteiger partial charge in [0.1, 0.15) is 10.7 Å². The molecule has 170 valence electrons. The molecular formula is C25H31N3O2S2. The van der Waals surface area contributed by atoms with Gasteiger partial charge < -0.3 is 10.3 Å². The summed E-state index contributed by atoms with van der Waals surface area (Å²) >= 11 is 3.31. The van der Waals surface area contributed by atoms with E-state index in [1.165, 1.54) is 28.0 Å². The number of aromatic nitrogens is 2. The lowest BCUT2D eigenvalue weighted by molar-refractivity contribution is -0.120. The number of hydrogen-bond donors (Lipinski definition) is 2. The van der Waals surface area contributed by atoms with Crippen LogP contribution in [0.1, 0.15) is 60.5 Å². The van der Waals surface area contributed by atoms with Crippen LogP contribution < -0.4 is 10.9 Å². The maximum Gasteiger partial charge on any atom is 0.259 e. The number of amides is 1. The van der Waals surface area contributed by atoms with E-state index in [2.05, 4.69) is 55.3 Å². The summed E-state index contributed by atoms with van der Waals surface area (Å²) in [4.78, 5) is 34.8. The van der Waals surface area contributed by atoms with Gasteiger partial charge in [0.2, 0.25) is 5.91 Å². The predicted octanol–water partition coefficient (Wildman–Crippen LogP) is 4.89. The first kappa shape index (κ1) is 23.1. The molecule has 0 unspecified atom stereocenters. The molecule has 0 atom stereocenters. The van der Waals surface area contributed by atoms with Gasteiger partial charge in [-0.3, -0.25) is 9.59 Å². The number of carbonyl (C=O) groups is 1. The maximum atomic E-state index is 12.6. The summed E-state index contributed by atoms with van der Waals surface area (Å²) in [6, 6.07) is 8.44. The van der Waals surface area contributed by atoms with Crippen molar-refractivity contribution in [3.8, 4) is 0 Å². The molecule has 0 saturated heterocycles. The van der Waals surface area contributed by atoms with Gasteiger partial charge in [-0.2, -0.15) is 11.8 Å². The monoisotopic (exact) mass is 469 g/mol. The van der Waals surface area contributed by atoms with Gasteiger partial charge >= 0.3 is 0 Å². The van der Waals surface area contributed by atoms with Crippen LogP contribution in [0, 0.1) is 6.92 Å². The van der Waals surface area contributed by atoms with Crippen molar-refractivity contribution in [3.63, 3.8) is 0 Å². The van der Waals surface area contributed by atoms with E-state index in [0.717, 1.165) is 29.5 Å². The van der Waals surface area contributed by atoms with Gasteiger partial charge in [-0.05, 0) is 43.7 Å². The third-order valence-corrected chi connectivity index (χ3v) is 8.27. The molecule has 0 saturated carbocycles. The Bertz CT molecular complexity index is 1180. The second-order valence-electron chi connectivity index (χ2n) is 9.24. The van der Waals surface area contributed by atoms with Gasteiger partial charge in [0, 0.05) is 29.0 Å². The first-order valence-electron chi connectivity index (χ1n) is 11.3. The quantitative estimate of drug-likeness (QED) is 0.461. The smallest absolute Gasteiger partial charge is 0.259 e. The highest BCUT2D eigenvalue weighted by atomic mass is 32.2. The van der Waals surface area contributed by atoms with Crippen molar-refractivity contribution >= 4 is 39.2 Å². The first-order valence-corrected chi connectivity index (χ1v) is 13.3. The SMILES string of the molecule is Cc1cccc(C(C)(C)CNC(=O)CCSCc2nc3sc4c(c3c(=O)[nH]2)CCCC4)c1. The summed E-state index contributed by atoms with van der Waals surface area (Å²) in [5, 5.41) is 3.88. The second-order valence-corrected chi connectivity index (χ2v) is 11.4. The van der Waals surface area contributed by atoms with Gasteiger partial charge in [-0.15, -0.1) is 11.3 Å². The molecule has 0 fully saturated rings. The van der Waals surface area contributed by atoms with E-state index in [9.17, 15) is 9.59 Å². The van der Waals surface area contributed by atoms with Crippen LogP contribution in [0.15, 0.2) is 29.1 Å². The van der Waals surface area contributed by atoms with Crippen LogP contribution in [-0.2, 0) is 28.8 Å². The van der Waals surface area contributed by atoms with E-state index in [0.29, 0.717) is 30.3 Å². The first-order chi connectivity index (χ1) is 15.3. The van der Waals surface area contributed by atoms with E-state index in [-0.39, 0.29) is 16.9 Å². The largest absolute Gasteiger partial charge is 0.355 e. The number of rotatable bonds is 8. The number of thioether (sulfide) groups is 1. The number of thiophene rings is 1. The number of nitrogens with one attached hydrogen (secondary N) is 2. The molecule has 7 heteroatoms. The van der Waals surface area contributed by atoms with Crippen LogP contribution in [0.3, 0.4) is 0 Å². The molecule has 5 nitrogen and oxygen atoms in total. The fourth-order valence-corrected chi connectivity index (χ4v) is 6.27. The molecule has 0 spiro atoms. The number of hydrogen-bond acceptors (Lipinski definition) is 5. The third-order valence-electron chi connectivity index (χ3n) is 6.11. The molecule has 3 aromatic rings. The van der Waals surface area contributed by atoms with Gasteiger partial charge in [-0.1, -0.05) is 43.7 Å². The fourth-order valence-electron chi connectivity index (χ4n) is 4.19. The van der Waals surface area contributed by atoms with Crippen molar-refractivity contribution in [2.24, 2.45) is 0 Å². The van der Waals surface area contributed by atoms with E-state index in [1.807, 2.05) is 0 Å². The zero-order valence-electron chi connectivity index (χ0n) is 19.0. The average Bonchev–Trinajstić information content (AvgIpc) is 3.14. The molecule has 32 heavy (non-hydrogen) atoms. The molecule has 4 rings (SSSR count). The molecule has 0 aliphatic heterocycles. The van der Waals surface area contributed by atoms with Crippen molar-refractivity contribution in [2.75, 3.05) is 12.3 Å². The topological polar surface area (TPSA) is 74.8 Å². The third kappa shape index (κ3) is 5.26. The van der Waals surface area contributed by atoms with Crippen molar-refractivity contribution in [1.82, 2.24) is 15.3 Å². The number of nitrogens with zero attached hydrogens (tertiary/aromatic N) is 1. The molecular weight excluding hydrogens is 438 g/mol. The summed E-state index contributed by atoms with van der Waals surface area (Å²) in [5.74, 6) is 2.06. The van der Waals surface area contributed by atoms with E-state index in [1.54, 1.807) is 23.1 Å². The molecule has 0 radical (unpaired) electrons. The Morgan fingerprint density at radius 2 is 2.09 bits per heavy atom. The zero-order valence-corrected chi connectivity index (χ0v) is 20.7. The van der Waals surface area contributed by atoms with Crippen LogP contribution in [0.5, 0.6) is 0 Å². The zero-order chi connectivity index (χ0) is 22.7. The summed E-state index contributed by atoms with van der Waals surface area (Å²) in [5.41, 5.74) is 3.54. The summed E-state index contributed by atoms with van der Waals surface area (Å²) in [6.07, 6.45) is 4.86. The predicted molar refractivity (Wildman–Crippen MR) is 135 cm³/mol. The van der Waals surface area contributed by atoms with E-state index >= 15 is 0 Å². The summed E-state index contributed by atoms with van der Waals surface area (Å²) in [6.45, 7) is 6.99. The standard InChI is InChI=1S/C25H31N3O2S2/c1-16-7-6-8-17(13-16)25(2,3)15-26-21(29)11-12-31-14-20-27-23(30)22-18-9-4-5-10-19(18)32-24(22)28-20/h6-8,13H,4-5,9-12,14-15H2,1-3H3,(H,26,29)(H,27,28,30). The Morgan fingerprint density at radius 3 is 2.91 bits per heavy atom. The van der Waals surface area contributed by atoms with Gasteiger partial charge in [0.05, 0.1) is 11.1 Å². The summed E-state index contributed by atoms with van der Waals surface area (Å²) < 4.78 is 0. The molecule has 2 heterocycles. The Morgan fingerprint density at radius 1 is 1.28 bits per heavy atom. The highest BCUT2D eigenvalue weighted by Gasteiger charge is 2.22. The van der Waals surface area contributed by atoms with E-state index in [4.69, 9.17) is 4.98 Å². The minimum Gasteiger partial charge on any atom is -0.355 e. The molecule has 0 bridgehead atoms. The lowest BCUT2D eigenvalue weighted by Gasteiger charge is -2.26. The van der Waals surface area contributed by atoms with Crippen LogP contribution in [-0.4, -0.2) is 28.2 Å².